The van der Waals surface area contributed by atoms with Crippen LogP contribution >= 0.6 is 0 Å². The Labute approximate surface area is 207 Å². The van der Waals surface area contributed by atoms with Gasteiger partial charge in [0, 0.05) is 62.8 Å². The lowest BCUT2D eigenvalue weighted by atomic mass is 10.1. The van der Waals surface area contributed by atoms with Gasteiger partial charge >= 0.3 is 6.03 Å². The van der Waals surface area contributed by atoms with E-state index in [4.69, 9.17) is 0 Å². The monoisotopic (exact) mass is 468 g/mol. The molecule has 3 amide bonds. The van der Waals surface area contributed by atoms with Crippen molar-refractivity contribution in [2.24, 2.45) is 0 Å². The average molecular weight is 469 g/mol. The number of amides is 3. The van der Waals surface area contributed by atoms with Gasteiger partial charge in [0.15, 0.2) is 0 Å². The van der Waals surface area contributed by atoms with Gasteiger partial charge in [0.05, 0.1) is 0 Å². The zero-order valence-corrected chi connectivity index (χ0v) is 20.3. The Kier molecular flexibility index (Phi) is 6.70. The molecule has 2 heterocycles. The summed E-state index contributed by atoms with van der Waals surface area (Å²) in [6.07, 6.45) is 0.900. The Morgan fingerprint density at radius 2 is 1.49 bits per heavy atom. The standard InChI is InChI=1S/C29H32N4O2/c1-23-11-13-24(14-12-23)22-32-15-6-16-33(29(32)35)27-10-5-7-25(21-27)28(34)31-19-17-30(18-20-31)26-8-3-2-4-9-26/h2-5,7-14,21H,6,15-20,22H2,1H3. The van der Waals surface area contributed by atoms with Crippen molar-refractivity contribution in [3.05, 3.63) is 95.6 Å². The second-order valence-corrected chi connectivity index (χ2v) is 9.36. The minimum absolute atomic E-state index is 0.00195. The molecular weight excluding hydrogens is 436 g/mol. The number of piperazine rings is 1. The van der Waals surface area contributed by atoms with E-state index in [1.165, 1.54) is 11.3 Å². The molecule has 2 aliphatic heterocycles. The summed E-state index contributed by atoms with van der Waals surface area (Å²) in [5.74, 6) is 0.0283. The molecule has 0 unspecified atom stereocenters. The molecule has 35 heavy (non-hydrogen) atoms. The van der Waals surface area contributed by atoms with E-state index in [9.17, 15) is 9.59 Å². The summed E-state index contributed by atoms with van der Waals surface area (Å²) in [5.41, 5.74) is 4.96. The average Bonchev–Trinajstić information content (AvgIpc) is 2.91. The lowest BCUT2D eigenvalue weighted by molar-refractivity contribution is 0.0746. The first kappa shape index (κ1) is 23.0. The van der Waals surface area contributed by atoms with Crippen LogP contribution in [0, 0.1) is 6.92 Å². The number of hydrogen-bond acceptors (Lipinski definition) is 3. The number of urea groups is 1. The van der Waals surface area contributed by atoms with Gasteiger partial charge in [0.1, 0.15) is 0 Å². The third-order valence-electron chi connectivity index (χ3n) is 6.90. The minimum atomic E-state index is -0.00195. The fraction of sp³-hybridized carbons (Fsp3) is 0.310. The lowest BCUT2D eigenvalue weighted by Gasteiger charge is -2.37. The van der Waals surface area contributed by atoms with Crippen LogP contribution in [0.25, 0.3) is 0 Å². The van der Waals surface area contributed by atoms with Gasteiger partial charge in [-0.05, 0) is 49.2 Å². The van der Waals surface area contributed by atoms with Crippen molar-refractivity contribution in [1.82, 2.24) is 9.80 Å². The quantitative estimate of drug-likeness (QED) is 0.541. The molecule has 2 fully saturated rings. The van der Waals surface area contributed by atoms with Gasteiger partial charge in [-0.1, -0.05) is 54.1 Å². The van der Waals surface area contributed by atoms with E-state index in [1.807, 2.05) is 57.2 Å². The maximum Gasteiger partial charge on any atom is 0.324 e. The van der Waals surface area contributed by atoms with Crippen molar-refractivity contribution in [3.8, 4) is 0 Å². The number of hydrogen-bond donors (Lipinski definition) is 0. The molecule has 2 aliphatic rings. The Bertz CT molecular complexity index is 1170. The Balaban J connectivity index is 1.24. The van der Waals surface area contributed by atoms with Crippen LogP contribution in [-0.4, -0.2) is 61.0 Å². The maximum absolute atomic E-state index is 13.3. The van der Waals surface area contributed by atoms with Crippen molar-refractivity contribution in [2.75, 3.05) is 49.1 Å². The minimum Gasteiger partial charge on any atom is -0.368 e. The van der Waals surface area contributed by atoms with Crippen LogP contribution in [0.2, 0.25) is 0 Å². The van der Waals surface area contributed by atoms with Crippen LogP contribution in [0.3, 0.4) is 0 Å². The van der Waals surface area contributed by atoms with Gasteiger partial charge in [-0.3, -0.25) is 9.69 Å². The van der Waals surface area contributed by atoms with Crippen molar-refractivity contribution in [2.45, 2.75) is 19.9 Å². The third kappa shape index (κ3) is 5.16. The molecule has 0 saturated carbocycles. The van der Waals surface area contributed by atoms with Crippen molar-refractivity contribution in [3.63, 3.8) is 0 Å². The molecule has 0 spiro atoms. The summed E-state index contributed by atoms with van der Waals surface area (Å²) in [7, 11) is 0. The van der Waals surface area contributed by atoms with Gasteiger partial charge in [0.2, 0.25) is 0 Å². The SMILES string of the molecule is Cc1ccc(CN2CCCN(c3cccc(C(=O)N4CCN(c5ccccc5)CC4)c3)C2=O)cc1. The lowest BCUT2D eigenvalue weighted by Crippen LogP contribution is -2.49. The second-order valence-electron chi connectivity index (χ2n) is 9.36. The molecule has 0 bridgehead atoms. The van der Waals surface area contributed by atoms with Gasteiger partial charge in [-0.25, -0.2) is 4.79 Å². The summed E-state index contributed by atoms with van der Waals surface area (Å²) < 4.78 is 0. The molecule has 0 radical (unpaired) electrons. The van der Waals surface area contributed by atoms with E-state index in [0.717, 1.165) is 37.3 Å². The van der Waals surface area contributed by atoms with E-state index < -0.39 is 0 Å². The molecular formula is C29H32N4O2. The van der Waals surface area contributed by atoms with E-state index in [0.29, 0.717) is 31.7 Å². The van der Waals surface area contributed by atoms with Crippen LogP contribution in [0.4, 0.5) is 16.2 Å². The normalized spacial score (nSPS) is 16.5. The fourth-order valence-electron chi connectivity index (χ4n) is 4.88. The van der Waals surface area contributed by atoms with Gasteiger partial charge in [-0.2, -0.15) is 0 Å². The van der Waals surface area contributed by atoms with Crippen LogP contribution in [0.1, 0.15) is 27.9 Å². The van der Waals surface area contributed by atoms with Crippen LogP contribution in [0.15, 0.2) is 78.9 Å². The number of aryl methyl sites for hydroxylation is 1. The number of carbonyl (C=O) groups excluding carboxylic acids is 2. The highest BCUT2D eigenvalue weighted by atomic mass is 16.2. The first-order valence-electron chi connectivity index (χ1n) is 12.4. The van der Waals surface area contributed by atoms with Crippen LogP contribution < -0.4 is 9.80 Å². The Hall–Kier alpha value is -3.80. The number of rotatable bonds is 5. The van der Waals surface area contributed by atoms with Crippen LogP contribution in [0.5, 0.6) is 0 Å². The van der Waals surface area contributed by atoms with Gasteiger partial charge in [-0.15, -0.1) is 0 Å². The molecule has 3 aromatic rings. The number of para-hydroxylation sites is 1. The van der Waals surface area contributed by atoms with E-state index in [-0.39, 0.29) is 11.9 Å². The zero-order valence-electron chi connectivity index (χ0n) is 20.3. The number of benzene rings is 3. The largest absolute Gasteiger partial charge is 0.368 e. The highest BCUT2D eigenvalue weighted by Crippen LogP contribution is 2.24. The third-order valence-corrected chi connectivity index (χ3v) is 6.90. The van der Waals surface area contributed by atoms with E-state index >= 15 is 0 Å². The first-order valence-corrected chi connectivity index (χ1v) is 12.4. The zero-order chi connectivity index (χ0) is 24.2. The fourth-order valence-corrected chi connectivity index (χ4v) is 4.88. The Morgan fingerprint density at radius 3 is 2.23 bits per heavy atom. The predicted molar refractivity (Wildman–Crippen MR) is 140 cm³/mol. The summed E-state index contributed by atoms with van der Waals surface area (Å²) in [6.45, 7) is 7.07. The summed E-state index contributed by atoms with van der Waals surface area (Å²) in [6, 6.07) is 26.2. The topological polar surface area (TPSA) is 47.1 Å². The summed E-state index contributed by atoms with van der Waals surface area (Å²) in [4.78, 5) is 34.5. The number of anilines is 2. The van der Waals surface area contributed by atoms with Gasteiger partial charge < -0.3 is 14.7 Å². The summed E-state index contributed by atoms with van der Waals surface area (Å²) in [5, 5.41) is 0. The smallest absolute Gasteiger partial charge is 0.324 e. The van der Waals surface area contributed by atoms with E-state index in [1.54, 1.807) is 0 Å². The highest BCUT2D eigenvalue weighted by Gasteiger charge is 2.28. The first-order chi connectivity index (χ1) is 17.1. The van der Waals surface area contributed by atoms with Gasteiger partial charge in [0.25, 0.3) is 5.91 Å². The molecule has 180 valence electrons. The molecule has 0 N–H and O–H groups in total. The highest BCUT2D eigenvalue weighted by molar-refractivity contribution is 5.98. The number of carbonyl (C=O) groups is 2. The molecule has 0 aromatic heterocycles. The van der Waals surface area contributed by atoms with Crippen molar-refractivity contribution in [1.29, 1.82) is 0 Å². The molecule has 6 nitrogen and oxygen atoms in total. The number of nitrogens with zero attached hydrogens (tertiary/aromatic N) is 4. The molecule has 3 aromatic carbocycles. The van der Waals surface area contributed by atoms with Crippen LogP contribution in [-0.2, 0) is 6.54 Å². The molecule has 0 atom stereocenters. The van der Waals surface area contributed by atoms with Crippen molar-refractivity contribution >= 4 is 23.3 Å². The second kappa shape index (κ2) is 10.2. The van der Waals surface area contributed by atoms with Crippen molar-refractivity contribution < 1.29 is 9.59 Å². The Morgan fingerprint density at radius 1 is 0.771 bits per heavy atom. The molecule has 6 heteroatoms. The molecule has 5 rings (SSSR count). The predicted octanol–water partition coefficient (Wildman–Crippen LogP) is 4.79. The van der Waals surface area contributed by atoms with E-state index in [2.05, 4.69) is 48.2 Å². The maximum atomic E-state index is 13.3. The molecule has 2 saturated heterocycles. The summed E-state index contributed by atoms with van der Waals surface area (Å²) >= 11 is 0. The molecule has 0 aliphatic carbocycles.